The first-order chi connectivity index (χ1) is 13.3. The second-order valence-electron chi connectivity index (χ2n) is 6.28. The molecule has 138 valence electrons. The van der Waals surface area contributed by atoms with Crippen LogP contribution in [0.2, 0.25) is 0 Å². The second-order valence-corrected chi connectivity index (χ2v) is 6.28. The molecule has 0 fully saturated rings. The van der Waals surface area contributed by atoms with Crippen LogP contribution in [-0.2, 0) is 6.42 Å². The van der Waals surface area contributed by atoms with Gasteiger partial charge in [0, 0.05) is 31.3 Å². The molecule has 0 spiro atoms. The summed E-state index contributed by atoms with van der Waals surface area (Å²) in [6.45, 7) is 3.53. The van der Waals surface area contributed by atoms with Gasteiger partial charge in [0.15, 0.2) is 0 Å². The summed E-state index contributed by atoms with van der Waals surface area (Å²) in [4.78, 5) is 11.6. The van der Waals surface area contributed by atoms with Crippen molar-refractivity contribution < 1.29 is 4.74 Å². The highest BCUT2D eigenvalue weighted by Crippen LogP contribution is 2.26. The lowest BCUT2D eigenvalue weighted by Crippen LogP contribution is -2.22. The van der Waals surface area contributed by atoms with Crippen LogP contribution in [0, 0.1) is 18.3 Å². The van der Waals surface area contributed by atoms with E-state index in [1.807, 2.05) is 49.5 Å². The first-order valence-electron chi connectivity index (χ1n) is 9.04. The van der Waals surface area contributed by atoms with Gasteiger partial charge in [-0.1, -0.05) is 30.3 Å². The van der Waals surface area contributed by atoms with Crippen molar-refractivity contribution in [1.29, 1.82) is 5.26 Å². The number of ether oxygens (including phenoxy) is 1. The highest BCUT2D eigenvalue weighted by atomic mass is 16.5. The van der Waals surface area contributed by atoms with Crippen LogP contribution < -0.4 is 10.1 Å². The fraction of sp³-hybridized carbons (Fsp3) is 0.286. The summed E-state index contributed by atoms with van der Waals surface area (Å²) in [5.41, 5.74) is 3.39. The fourth-order valence-corrected chi connectivity index (χ4v) is 2.81. The Labute approximate surface area is 159 Å². The molecule has 27 heavy (non-hydrogen) atoms. The molecule has 0 saturated carbocycles. The number of aromatic nitrogens is 3. The molecule has 0 aliphatic heterocycles. The number of nitrogens with one attached hydrogen (secondary N) is 2. The number of nitrogens with zero attached hydrogens (tertiary/aromatic N) is 3. The average molecular weight is 361 g/mol. The summed E-state index contributed by atoms with van der Waals surface area (Å²) in [5, 5.41) is 12.8. The maximum Gasteiger partial charge on any atom is 0.232 e. The number of aromatic amines is 1. The van der Waals surface area contributed by atoms with Crippen LogP contribution >= 0.6 is 0 Å². The average Bonchev–Trinajstić information content (AvgIpc) is 3.21. The van der Waals surface area contributed by atoms with E-state index >= 15 is 0 Å². The monoisotopic (exact) mass is 361 g/mol. The van der Waals surface area contributed by atoms with E-state index in [-0.39, 0.29) is 6.10 Å². The second kappa shape index (κ2) is 9.51. The lowest BCUT2D eigenvalue weighted by molar-refractivity contribution is 0.185. The van der Waals surface area contributed by atoms with Crippen molar-refractivity contribution in [3.8, 4) is 11.9 Å². The van der Waals surface area contributed by atoms with Crippen LogP contribution in [0.3, 0.4) is 0 Å². The highest BCUT2D eigenvalue weighted by molar-refractivity contribution is 5.39. The molecule has 3 aromatic rings. The smallest absolute Gasteiger partial charge is 0.232 e. The molecule has 0 aliphatic carbocycles. The maximum absolute atomic E-state index is 9.34. The molecule has 1 atom stereocenters. The highest BCUT2D eigenvalue weighted by Gasteiger charge is 2.16. The fourth-order valence-electron chi connectivity index (χ4n) is 2.81. The van der Waals surface area contributed by atoms with Gasteiger partial charge in [0.2, 0.25) is 5.88 Å². The maximum atomic E-state index is 9.34. The van der Waals surface area contributed by atoms with E-state index in [4.69, 9.17) is 4.74 Å². The number of imidazole rings is 1. The van der Waals surface area contributed by atoms with E-state index in [0.29, 0.717) is 11.4 Å². The quantitative estimate of drug-likeness (QED) is 0.571. The number of hydrogen-bond donors (Lipinski definition) is 2. The Kier molecular flexibility index (Phi) is 6.55. The number of hydrogen-bond acceptors (Lipinski definition) is 5. The van der Waals surface area contributed by atoms with E-state index < -0.39 is 0 Å². The minimum Gasteiger partial charge on any atom is -0.468 e. The molecule has 2 N–H and O–H groups in total. The van der Waals surface area contributed by atoms with Crippen LogP contribution in [0.5, 0.6) is 5.88 Å². The summed E-state index contributed by atoms with van der Waals surface area (Å²) >= 11 is 0. The number of nitriles is 1. The molecule has 0 saturated heterocycles. The molecule has 2 heterocycles. The molecule has 0 radical (unpaired) electrons. The van der Waals surface area contributed by atoms with Crippen molar-refractivity contribution in [2.24, 2.45) is 0 Å². The molecular formula is C21H23N5O. The van der Waals surface area contributed by atoms with E-state index in [2.05, 4.69) is 26.3 Å². The Balaban J connectivity index is 1.63. The molecule has 2 aromatic heterocycles. The standard InChI is InChI=1S/C21H23N5O/c1-16-7-8-18(13-22)21(26-16)27-20(17-5-3-2-4-6-17)10-12-23-11-9-19-14-24-15-25-19/h2-8,14-15,20,23H,9-12H2,1H3,(H,24,25). The zero-order valence-electron chi connectivity index (χ0n) is 15.4. The molecule has 1 aromatic carbocycles. The van der Waals surface area contributed by atoms with Gasteiger partial charge in [0.1, 0.15) is 17.7 Å². The van der Waals surface area contributed by atoms with Crippen LogP contribution in [0.4, 0.5) is 0 Å². The molecule has 0 amide bonds. The summed E-state index contributed by atoms with van der Waals surface area (Å²) in [6, 6.07) is 15.8. The van der Waals surface area contributed by atoms with E-state index in [0.717, 1.165) is 42.9 Å². The van der Waals surface area contributed by atoms with Crippen molar-refractivity contribution in [3.63, 3.8) is 0 Å². The van der Waals surface area contributed by atoms with Gasteiger partial charge in [-0.25, -0.2) is 9.97 Å². The number of benzene rings is 1. The number of pyridine rings is 1. The molecule has 0 bridgehead atoms. The van der Waals surface area contributed by atoms with E-state index in [1.54, 1.807) is 12.4 Å². The van der Waals surface area contributed by atoms with Crippen LogP contribution in [-0.4, -0.2) is 28.0 Å². The molecule has 1 unspecified atom stereocenters. The van der Waals surface area contributed by atoms with Crippen molar-refractivity contribution in [3.05, 3.63) is 77.5 Å². The normalized spacial score (nSPS) is 11.7. The van der Waals surface area contributed by atoms with E-state index in [9.17, 15) is 5.26 Å². The van der Waals surface area contributed by atoms with Gasteiger partial charge in [0.05, 0.1) is 12.0 Å². The molecule has 0 aliphatic rings. The van der Waals surface area contributed by atoms with Gasteiger partial charge in [-0.15, -0.1) is 0 Å². The van der Waals surface area contributed by atoms with Gasteiger partial charge in [-0.05, 0) is 31.2 Å². The topological polar surface area (TPSA) is 86.6 Å². The van der Waals surface area contributed by atoms with Gasteiger partial charge < -0.3 is 15.0 Å². The minimum absolute atomic E-state index is 0.175. The van der Waals surface area contributed by atoms with Crippen molar-refractivity contribution in [1.82, 2.24) is 20.3 Å². The van der Waals surface area contributed by atoms with Crippen molar-refractivity contribution in [2.75, 3.05) is 13.1 Å². The van der Waals surface area contributed by atoms with Gasteiger partial charge >= 0.3 is 0 Å². The SMILES string of the molecule is Cc1ccc(C#N)c(OC(CCNCCc2c[nH]cn2)c2ccccc2)n1. The Hall–Kier alpha value is -3.17. The summed E-state index contributed by atoms with van der Waals surface area (Å²) in [7, 11) is 0. The lowest BCUT2D eigenvalue weighted by atomic mass is 10.1. The summed E-state index contributed by atoms with van der Waals surface area (Å²) < 4.78 is 6.16. The van der Waals surface area contributed by atoms with Crippen molar-refractivity contribution in [2.45, 2.75) is 25.9 Å². The third kappa shape index (κ3) is 5.40. The largest absolute Gasteiger partial charge is 0.468 e. The first kappa shape index (κ1) is 18.6. The number of H-pyrrole nitrogens is 1. The minimum atomic E-state index is -0.175. The third-order valence-corrected chi connectivity index (χ3v) is 4.24. The molecule has 6 heteroatoms. The molecule has 6 nitrogen and oxygen atoms in total. The molecular weight excluding hydrogens is 338 g/mol. The van der Waals surface area contributed by atoms with Gasteiger partial charge in [0.25, 0.3) is 0 Å². The van der Waals surface area contributed by atoms with Gasteiger partial charge in [-0.2, -0.15) is 5.26 Å². The summed E-state index contributed by atoms with van der Waals surface area (Å²) in [5.74, 6) is 0.392. The van der Waals surface area contributed by atoms with Crippen LogP contribution in [0.25, 0.3) is 0 Å². The Bertz CT molecular complexity index is 871. The predicted octanol–water partition coefficient (Wildman–Crippen LogP) is 3.33. The van der Waals surface area contributed by atoms with Crippen LogP contribution in [0.1, 0.15) is 35.0 Å². The zero-order valence-corrected chi connectivity index (χ0v) is 15.4. The number of aryl methyl sites for hydroxylation is 1. The predicted molar refractivity (Wildman–Crippen MR) is 103 cm³/mol. The summed E-state index contributed by atoms with van der Waals surface area (Å²) in [6.07, 6.45) is 5.06. The molecule has 3 rings (SSSR count). The zero-order chi connectivity index (χ0) is 18.9. The van der Waals surface area contributed by atoms with Gasteiger partial charge in [-0.3, -0.25) is 0 Å². The lowest BCUT2D eigenvalue weighted by Gasteiger charge is -2.20. The van der Waals surface area contributed by atoms with Crippen LogP contribution in [0.15, 0.2) is 55.0 Å². The number of rotatable bonds is 9. The Morgan fingerprint density at radius 3 is 2.78 bits per heavy atom. The first-order valence-corrected chi connectivity index (χ1v) is 9.04. The van der Waals surface area contributed by atoms with Crippen molar-refractivity contribution >= 4 is 0 Å². The Morgan fingerprint density at radius 2 is 2.04 bits per heavy atom. The Morgan fingerprint density at radius 1 is 1.19 bits per heavy atom. The third-order valence-electron chi connectivity index (χ3n) is 4.24. The van der Waals surface area contributed by atoms with E-state index in [1.165, 1.54) is 0 Å².